The van der Waals surface area contributed by atoms with E-state index in [4.69, 9.17) is 26.5 Å². The molecule has 0 fully saturated rings. The monoisotopic (exact) mass is 486 g/mol. The fourth-order valence-electron chi connectivity index (χ4n) is 3.41. The third-order valence-electron chi connectivity index (χ3n) is 5.31. The Morgan fingerprint density at radius 2 is 2.06 bits per heavy atom. The molecule has 0 aliphatic rings. The van der Waals surface area contributed by atoms with Gasteiger partial charge in [0.15, 0.2) is 6.61 Å². The van der Waals surface area contributed by atoms with Crippen LogP contribution < -0.4 is 16.6 Å². The maximum atomic E-state index is 13.0. The van der Waals surface area contributed by atoms with E-state index in [1.807, 2.05) is 12.1 Å². The minimum absolute atomic E-state index is 0.0406. The fraction of sp³-hybridized carbons (Fsp3) is 0.333. The standard InChI is InChI=1S/C24H27ClN4O5/c1-15-5-7-29(8-6-20-13-34-23(28-20)14-33-16(2)30)24(32)21(15)10-22(31)27-12-18-9-19(25)4-3-17(18)11-26/h3-5,7,9,13H,6,8,10-12,14,26H2,1-2H3,(H,27,31). The Kier molecular flexibility index (Phi) is 8.61. The number of amides is 1. The highest BCUT2D eigenvalue weighted by molar-refractivity contribution is 6.30. The Balaban J connectivity index is 1.62. The Bertz CT molecular complexity index is 1230. The normalized spacial score (nSPS) is 10.8. The van der Waals surface area contributed by atoms with Gasteiger partial charge in [-0.3, -0.25) is 14.4 Å². The van der Waals surface area contributed by atoms with Gasteiger partial charge in [0.2, 0.25) is 11.8 Å². The zero-order valence-corrected chi connectivity index (χ0v) is 19.9. The lowest BCUT2D eigenvalue weighted by Crippen LogP contribution is -2.31. The van der Waals surface area contributed by atoms with Crippen LogP contribution in [0.3, 0.4) is 0 Å². The number of carbonyl (C=O) groups excluding carboxylic acids is 2. The van der Waals surface area contributed by atoms with Gasteiger partial charge in [-0.2, -0.15) is 0 Å². The van der Waals surface area contributed by atoms with Gasteiger partial charge in [-0.1, -0.05) is 17.7 Å². The molecule has 0 saturated heterocycles. The highest BCUT2D eigenvalue weighted by Gasteiger charge is 2.14. The van der Waals surface area contributed by atoms with E-state index in [9.17, 15) is 14.4 Å². The third-order valence-corrected chi connectivity index (χ3v) is 5.54. The number of aryl methyl sites for hydroxylation is 3. The average molecular weight is 487 g/mol. The van der Waals surface area contributed by atoms with E-state index < -0.39 is 5.97 Å². The Labute approximate surface area is 201 Å². The topological polar surface area (TPSA) is 129 Å². The molecular formula is C24H27ClN4O5. The predicted molar refractivity (Wildman–Crippen MR) is 126 cm³/mol. The van der Waals surface area contributed by atoms with Crippen molar-refractivity contribution in [1.29, 1.82) is 0 Å². The van der Waals surface area contributed by atoms with Gasteiger partial charge in [0.25, 0.3) is 5.56 Å². The fourth-order valence-corrected chi connectivity index (χ4v) is 3.60. The largest absolute Gasteiger partial charge is 0.456 e. The molecule has 3 rings (SSSR count). The van der Waals surface area contributed by atoms with Crippen molar-refractivity contribution in [3.05, 3.63) is 85.9 Å². The first-order chi connectivity index (χ1) is 16.3. The maximum absolute atomic E-state index is 13.0. The number of aromatic nitrogens is 2. The molecule has 0 spiro atoms. The molecule has 1 aromatic carbocycles. The van der Waals surface area contributed by atoms with Crippen LogP contribution in [0.4, 0.5) is 0 Å². The van der Waals surface area contributed by atoms with Crippen molar-refractivity contribution in [2.45, 2.75) is 52.9 Å². The van der Waals surface area contributed by atoms with Crippen molar-refractivity contribution >= 4 is 23.5 Å². The van der Waals surface area contributed by atoms with Crippen molar-refractivity contribution < 1.29 is 18.7 Å². The van der Waals surface area contributed by atoms with Crippen molar-refractivity contribution in [2.24, 2.45) is 5.73 Å². The van der Waals surface area contributed by atoms with Crippen LogP contribution in [-0.4, -0.2) is 21.4 Å². The maximum Gasteiger partial charge on any atom is 0.303 e. The second-order valence-corrected chi connectivity index (χ2v) is 8.25. The quantitative estimate of drug-likeness (QED) is 0.421. The summed E-state index contributed by atoms with van der Waals surface area (Å²) >= 11 is 6.05. The molecule has 3 aromatic rings. The first kappa shape index (κ1) is 25.2. The number of ether oxygens (including phenoxy) is 1. The molecule has 0 radical (unpaired) electrons. The van der Waals surface area contributed by atoms with Crippen molar-refractivity contribution in [1.82, 2.24) is 14.9 Å². The molecule has 180 valence electrons. The van der Waals surface area contributed by atoms with Crippen LogP contribution in [0.15, 0.2) is 45.9 Å². The lowest BCUT2D eigenvalue weighted by atomic mass is 10.1. The molecule has 0 atom stereocenters. The van der Waals surface area contributed by atoms with Gasteiger partial charge in [0.05, 0.1) is 12.1 Å². The number of esters is 1. The summed E-state index contributed by atoms with van der Waals surface area (Å²) in [6.07, 6.45) is 3.56. The van der Waals surface area contributed by atoms with Crippen molar-refractivity contribution in [2.75, 3.05) is 0 Å². The van der Waals surface area contributed by atoms with Gasteiger partial charge in [0, 0.05) is 49.8 Å². The number of hydrogen-bond acceptors (Lipinski definition) is 7. The van der Waals surface area contributed by atoms with Crippen LogP contribution in [0, 0.1) is 6.92 Å². The van der Waals surface area contributed by atoms with Crippen molar-refractivity contribution in [3.63, 3.8) is 0 Å². The summed E-state index contributed by atoms with van der Waals surface area (Å²) in [5, 5.41) is 3.41. The summed E-state index contributed by atoms with van der Waals surface area (Å²) in [7, 11) is 0. The molecule has 3 N–H and O–H groups in total. The smallest absolute Gasteiger partial charge is 0.303 e. The molecule has 0 bridgehead atoms. The SMILES string of the molecule is CC(=O)OCc1nc(CCn2ccc(C)c(CC(=O)NCc3cc(Cl)ccc3CN)c2=O)co1. The molecule has 1 amide bonds. The number of pyridine rings is 1. The molecule has 0 aliphatic heterocycles. The van der Waals surface area contributed by atoms with Gasteiger partial charge in [-0.05, 0) is 41.8 Å². The van der Waals surface area contributed by atoms with E-state index in [1.165, 1.54) is 13.2 Å². The number of rotatable bonds is 10. The van der Waals surface area contributed by atoms with Crippen LogP contribution >= 0.6 is 11.6 Å². The summed E-state index contributed by atoms with van der Waals surface area (Å²) in [5.74, 6) is -0.404. The highest BCUT2D eigenvalue weighted by atomic mass is 35.5. The predicted octanol–water partition coefficient (Wildman–Crippen LogP) is 2.42. The van der Waals surface area contributed by atoms with Crippen LogP contribution in [0.5, 0.6) is 0 Å². The van der Waals surface area contributed by atoms with E-state index >= 15 is 0 Å². The van der Waals surface area contributed by atoms with Gasteiger partial charge in [-0.25, -0.2) is 4.98 Å². The first-order valence-corrected chi connectivity index (χ1v) is 11.1. The lowest BCUT2D eigenvalue weighted by Gasteiger charge is -2.12. The van der Waals surface area contributed by atoms with Crippen molar-refractivity contribution in [3.8, 4) is 0 Å². The van der Waals surface area contributed by atoms with Gasteiger partial charge < -0.3 is 24.8 Å². The summed E-state index contributed by atoms with van der Waals surface area (Å²) in [6.45, 7) is 4.03. The zero-order chi connectivity index (χ0) is 24.7. The van der Waals surface area contributed by atoms with E-state index in [0.717, 1.165) is 16.7 Å². The minimum atomic E-state index is -0.421. The third kappa shape index (κ3) is 6.79. The van der Waals surface area contributed by atoms with Crippen LogP contribution in [0.1, 0.15) is 40.8 Å². The molecule has 0 aliphatic carbocycles. The number of benzene rings is 1. The molecule has 2 aromatic heterocycles. The van der Waals surface area contributed by atoms with Crippen LogP contribution in [0.2, 0.25) is 5.02 Å². The number of nitrogens with zero attached hydrogens (tertiary/aromatic N) is 2. The molecule has 9 nitrogen and oxygen atoms in total. The number of hydrogen-bond donors (Lipinski definition) is 2. The number of carbonyl (C=O) groups is 2. The Morgan fingerprint density at radius 1 is 1.26 bits per heavy atom. The Hall–Kier alpha value is -3.43. The zero-order valence-electron chi connectivity index (χ0n) is 19.1. The van der Waals surface area contributed by atoms with Crippen LogP contribution in [-0.2, 0) is 53.4 Å². The molecule has 10 heteroatoms. The summed E-state index contributed by atoms with van der Waals surface area (Å²) in [5.41, 5.74) is 9.06. The Morgan fingerprint density at radius 3 is 2.79 bits per heavy atom. The minimum Gasteiger partial charge on any atom is -0.456 e. The van der Waals surface area contributed by atoms with Gasteiger partial charge >= 0.3 is 5.97 Å². The molecule has 2 heterocycles. The summed E-state index contributed by atoms with van der Waals surface area (Å²) < 4.78 is 11.7. The second-order valence-electron chi connectivity index (χ2n) is 7.81. The van der Waals surface area contributed by atoms with Crippen LogP contribution in [0.25, 0.3) is 0 Å². The summed E-state index contributed by atoms with van der Waals surface area (Å²) in [4.78, 5) is 40.7. The average Bonchev–Trinajstić information content (AvgIpc) is 3.26. The number of nitrogens with two attached hydrogens (primary N) is 1. The summed E-state index contributed by atoms with van der Waals surface area (Å²) in [6, 6.07) is 7.16. The van der Waals surface area contributed by atoms with Gasteiger partial charge in [-0.15, -0.1) is 0 Å². The number of halogens is 1. The van der Waals surface area contributed by atoms with E-state index in [0.29, 0.717) is 35.8 Å². The molecule has 34 heavy (non-hydrogen) atoms. The van der Waals surface area contributed by atoms with E-state index in [1.54, 1.807) is 29.8 Å². The lowest BCUT2D eigenvalue weighted by molar-refractivity contribution is -0.142. The highest BCUT2D eigenvalue weighted by Crippen LogP contribution is 2.16. The molecule has 0 unspecified atom stereocenters. The first-order valence-electron chi connectivity index (χ1n) is 10.8. The number of nitrogens with one attached hydrogen (secondary N) is 1. The van der Waals surface area contributed by atoms with E-state index in [2.05, 4.69) is 10.3 Å². The van der Waals surface area contributed by atoms with Gasteiger partial charge in [0.1, 0.15) is 6.26 Å². The molecular weight excluding hydrogens is 460 g/mol. The molecule has 0 saturated carbocycles. The van der Waals surface area contributed by atoms with E-state index in [-0.39, 0.29) is 36.9 Å². The number of oxazole rings is 1. The second kappa shape index (κ2) is 11.6.